The molecule has 3 rings (SSSR count). The van der Waals surface area contributed by atoms with Crippen LogP contribution in [-0.2, 0) is 16.1 Å². The van der Waals surface area contributed by atoms with E-state index in [0.717, 1.165) is 36.7 Å². The van der Waals surface area contributed by atoms with Gasteiger partial charge < -0.3 is 9.64 Å². The Labute approximate surface area is 142 Å². The number of hydrogen-bond donors (Lipinski definition) is 0. The summed E-state index contributed by atoms with van der Waals surface area (Å²) >= 11 is 0. The Morgan fingerprint density at radius 3 is 2.92 bits per heavy atom. The van der Waals surface area contributed by atoms with Crippen LogP contribution in [0.1, 0.15) is 24.4 Å². The van der Waals surface area contributed by atoms with E-state index in [1.807, 2.05) is 43.5 Å². The van der Waals surface area contributed by atoms with Crippen molar-refractivity contribution in [1.82, 2.24) is 14.5 Å². The molecule has 0 radical (unpaired) electrons. The minimum atomic E-state index is -0.0797. The van der Waals surface area contributed by atoms with Crippen molar-refractivity contribution in [2.24, 2.45) is 0 Å². The first-order valence-electron chi connectivity index (χ1n) is 8.30. The van der Waals surface area contributed by atoms with Crippen molar-refractivity contribution in [3.8, 4) is 5.69 Å². The van der Waals surface area contributed by atoms with Crippen molar-refractivity contribution >= 4 is 5.91 Å². The third-order valence-electron chi connectivity index (χ3n) is 4.31. The molecule has 1 atom stereocenters. The maximum Gasteiger partial charge on any atom is 0.246 e. The second-order valence-electron chi connectivity index (χ2n) is 6.03. The Balaban J connectivity index is 1.84. The second-order valence-corrected chi connectivity index (χ2v) is 6.03. The molecule has 126 valence electrons. The van der Waals surface area contributed by atoms with Crippen LogP contribution >= 0.6 is 0 Å². The zero-order valence-electron chi connectivity index (χ0n) is 14.0. The summed E-state index contributed by atoms with van der Waals surface area (Å²) in [5.74, 6) is 0.822. The predicted molar refractivity (Wildman–Crippen MR) is 92.9 cm³/mol. The summed E-state index contributed by atoms with van der Waals surface area (Å²) in [5.41, 5.74) is 2.03. The highest BCUT2D eigenvalue weighted by molar-refractivity contribution is 5.87. The molecule has 0 saturated carbocycles. The highest BCUT2D eigenvalue weighted by Gasteiger charge is 2.23. The molecule has 1 aliphatic rings. The number of carbonyl (C=O) groups is 1. The van der Waals surface area contributed by atoms with E-state index in [-0.39, 0.29) is 12.0 Å². The van der Waals surface area contributed by atoms with Gasteiger partial charge in [0.25, 0.3) is 0 Å². The Morgan fingerprint density at radius 2 is 2.25 bits per heavy atom. The third kappa shape index (κ3) is 3.57. The fourth-order valence-electron chi connectivity index (χ4n) is 3.12. The van der Waals surface area contributed by atoms with Crippen LogP contribution < -0.4 is 0 Å². The van der Waals surface area contributed by atoms with E-state index >= 15 is 0 Å². The Kier molecular flexibility index (Phi) is 5.11. The molecule has 1 unspecified atom stereocenters. The summed E-state index contributed by atoms with van der Waals surface area (Å²) in [6.45, 7) is 7.45. The van der Waals surface area contributed by atoms with Crippen LogP contribution in [0.4, 0.5) is 0 Å². The quantitative estimate of drug-likeness (QED) is 0.767. The first kappa shape index (κ1) is 16.5. The zero-order chi connectivity index (χ0) is 16.9. The van der Waals surface area contributed by atoms with Gasteiger partial charge in [0.15, 0.2) is 0 Å². The third-order valence-corrected chi connectivity index (χ3v) is 4.31. The van der Waals surface area contributed by atoms with Crippen LogP contribution in [0.2, 0.25) is 0 Å². The van der Waals surface area contributed by atoms with E-state index in [1.54, 1.807) is 4.90 Å². The number of rotatable bonds is 6. The summed E-state index contributed by atoms with van der Waals surface area (Å²) in [5, 5.41) is 0. The lowest BCUT2D eigenvalue weighted by molar-refractivity contribution is -0.128. The van der Waals surface area contributed by atoms with Gasteiger partial charge in [0, 0.05) is 18.8 Å². The van der Waals surface area contributed by atoms with Crippen molar-refractivity contribution in [3.05, 3.63) is 60.7 Å². The molecule has 24 heavy (non-hydrogen) atoms. The molecule has 0 aliphatic carbocycles. The molecular formula is C19H23N3O2. The topological polar surface area (TPSA) is 47.4 Å². The Bertz CT molecular complexity index is 703. The van der Waals surface area contributed by atoms with Gasteiger partial charge >= 0.3 is 0 Å². The van der Waals surface area contributed by atoms with Crippen molar-refractivity contribution in [2.45, 2.75) is 32.4 Å². The van der Waals surface area contributed by atoms with Gasteiger partial charge in [-0.3, -0.25) is 9.36 Å². The van der Waals surface area contributed by atoms with Crippen LogP contribution in [0.5, 0.6) is 0 Å². The molecule has 0 N–H and O–H groups in total. The maximum absolute atomic E-state index is 12.3. The minimum Gasteiger partial charge on any atom is -0.376 e. The number of amides is 1. The molecule has 5 nitrogen and oxygen atoms in total. The molecule has 1 saturated heterocycles. The van der Waals surface area contributed by atoms with Crippen molar-refractivity contribution in [2.75, 3.05) is 13.2 Å². The van der Waals surface area contributed by atoms with Gasteiger partial charge in [-0.1, -0.05) is 24.8 Å². The lowest BCUT2D eigenvalue weighted by atomic mass is 10.2. The smallest absolute Gasteiger partial charge is 0.246 e. The molecule has 2 aromatic rings. The molecular weight excluding hydrogens is 302 g/mol. The highest BCUT2D eigenvalue weighted by Crippen LogP contribution is 2.19. The Morgan fingerprint density at radius 1 is 1.46 bits per heavy atom. The largest absolute Gasteiger partial charge is 0.376 e. The molecule has 1 fully saturated rings. The molecule has 1 aromatic carbocycles. The van der Waals surface area contributed by atoms with Crippen LogP contribution in [0.3, 0.4) is 0 Å². The molecule has 1 amide bonds. The van der Waals surface area contributed by atoms with Crippen LogP contribution in [0.15, 0.2) is 49.2 Å². The number of aromatic nitrogens is 2. The van der Waals surface area contributed by atoms with Crippen LogP contribution in [0, 0.1) is 6.92 Å². The van der Waals surface area contributed by atoms with Gasteiger partial charge in [0.1, 0.15) is 5.82 Å². The van der Waals surface area contributed by atoms with Gasteiger partial charge in [0.2, 0.25) is 5.91 Å². The van der Waals surface area contributed by atoms with E-state index < -0.39 is 0 Å². The maximum atomic E-state index is 12.3. The average molecular weight is 325 g/mol. The van der Waals surface area contributed by atoms with E-state index in [1.165, 1.54) is 6.08 Å². The number of benzene rings is 1. The van der Waals surface area contributed by atoms with Gasteiger partial charge in [-0.15, -0.1) is 0 Å². The average Bonchev–Trinajstić information content (AvgIpc) is 3.24. The zero-order valence-corrected chi connectivity index (χ0v) is 14.0. The molecule has 5 heteroatoms. The lowest BCUT2D eigenvalue weighted by Gasteiger charge is -2.25. The van der Waals surface area contributed by atoms with Crippen molar-refractivity contribution in [1.29, 1.82) is 0 Å². The number of carbonyl (C=O) groups excluding carboxylic acids is 1. The van der Waals surface area contributed by atoms with E-state index in [2.05, 4.69) is 16.1 Å². The summed E-state index contributed by atoms with van der Waals surface area (Å²) in [4.78, 5) is 18.5. The fourth-order valence-corrected chi connectivity index (χ4v) is 3.12. The van der Waals surface area contributed by atoms with E-state index in [0.29, 0.717) is 13.1 Å². The molecule has 1 aliphatic heterocycles. The molecule has 0 spiro atoms. The highest BCUT2D eigenvalue weighted by atomic mass is 16.5. The fraction of sp³-hybridized carbons (Fsp3) is 0.368. The van der Waals surface area contributed by atoms with Gasteiger partial charge in [-0.25, -0.2) is 4.98 Å². The number of nitrogens with zero attached hydrogens (tertiary/aromatic N) is 3. The second kappa shape index (κ2) is 7.45. The SMILES string of the molecule is C=CC(=O)N(Cc1cnc(C)n1-c1ccccc1)CC1CCCO1. The minimum absolute atomic E-state index is 0.0797. The standard InChI is InChI=1S/C19H23N3O2/c1-3-19(23)21(14-18-10-7-11-24-18)13-17-12-20-15(2)22(17)16-8-5-4-6-9-16/h3-6,8-9,12,18H,1,7,10-11,13-14H2,2H3. The van der Waals surface area contributed by atoms with Crippen LogP contribution in [-0.4, -0.2) is 39.6 Å². The first-order valence-corrected chi connectivity index (χ1v) is 8.30. The number of ether oxygens (including phenoxy) is 1. The lowest BCUT2D eigenvalue weighted by Crippen LogP contribution is -2.36. The van der Waals surface area contributed by atoms with E-state index in [4.69, 9.17) is 4.74 Å². The summed E-state index contributed by atoms with van der Waals surface area (Å²) < 4.78 is 7.77. The number of para-hydroxylation sites is 1. The van der Waals surface area contributed by atoms with E-state index in [9.17, 15) is 4.79 Å². The van der Waals surface area contributed by atoms with Gasteiger partial charge in [-0.05, 0) is 38.0 Å². The van der Waals surface area contributed by atoms with Crippen LogP contribution in [0.25, 0.3) is 5.69 Å². The Hall–Kier alpha value is -2.40. The van der Waals surface area contributed by atoms with Gasteiger partial charge in [-0.2, -0.15) is 0 Å². The number of hydrogen-bond acceptors (Lipinski definition) is 3. The molecule has 2 heterocycles. The first-order chi connectivity index (χ1) is 11.7. The van der Waals surface area contributed by atoms with Crippen molar-refractivity contribution in [3.63, 3.8) is 0 Å². The number of aryl methyl sites for hydroxylation is 1. The molecule has 1 aromatic heterocycles. The predicted octanol–water partition coefficient (Wildman–Crippen LogP) is 2.87. The monoisotopic (exact) mass is 325 g/mol. The normalized spacial score (nSPS) is 17.0. The molecule has 0 bridgehead atoms. The van der Waals surface area contributed by atoms with Crippen molar-refractivity contribution < 1.29 is 9.53 Å². The number of imidazole rings is 1. The summed E-state index contributed by atoms with van der Waals surface area (Å²) in [6, 6.07) is 10.1. The van der Waals surface area contributed by atoms with Gasteiger partial charge in [0.05, 0.1) is 24.5 Å². The summed E-state index contributed by atoms with van der Waals surface area (Å²) in [6.07, 6.45) is 5.37. The summed E-state index contributed by atoms with van der Waals surface area (Å²) in [7, 11) is 0.